The first kappa shape index (κ1) is 24.0. The van der Waals surface area contributed by atoms with Gasteiger partial charge in [0.25, 0.3) is 0 Å². The predicted octanol–water partition coefficient (Wildman–Crippen LogP) is 1.91. The largest absolute Gasteiger partial charge is 0.355 e. The molecule has 3 heterocycles. The Morgan fingerprint density at radius 3 is 2.67 bits per heavy atom. The molecule has 1 aliphatic carbocycles. The first-order valence-corrected chi connectivity index (χ1v) is 11.6. The number of nitrogens with one attached hydrogen (secondary N) is 2. The topological polar surface area (TPSA) is 110 Å². The van der Waals surface area contributed by atoms with Gasteiger partial charge in [0.1, 0.15) is 11.3 Å². The second-order valence-corrected chi connectivity index (χ2v) is 8.93. The van der Waals surface area contributed by atoms with Crippen LogP contribution in [-0.2, 0) is 13.1 Å². The Morgan fingerprint density at radius 2 is 1.92 bits per heavy atom. The normalized spacial score (nSPS) is 17.0. The van der Waals surface area contributed by atoms with Gasteiger partial charge in [0.15, 0.2) is 17.5 Å². The van der Waals surface area contributed by atoms with Crippen molar-refractivity contribution in [1.29, 1.82) is 0 Å². The lowest BCUT2D eigenvalue weighted by Crippen LogP contribution is -2.43. The fourth-order valence-corrected chi connectivity index (χ4v) is 4.42. The van der Waals surface area contributed by atoms with Crippen molar-refractivity contribution in [2.45, 2.75) is 19.1 Å². The summed E-state index contributed by atoms with van der Waals surface area (Å²) in [6.07, 6.45) is 5.23. The Kier molecular flexibility index (Phi) is 6.24. The lowest BCUT2D eigenvalue weighted by molar-refractivity contribution is 0.349. The highest BCUT2D eigenvalue weighted by molar-refractivity contribution is 7.03. The van der Waals surface area contributed by atoms with E-state index in [1.54, 1.807) is 24.2 Å². The summed E-state index contributed by atoms with van der Waals surface area (Å²) in [5.41, 5.74) is 3.58. The molecule has 0 radical (unpaired) electrons. The molecule has 0 fully saturated rings. The summed E-state index contributed by atoms with van der Waals surface area (Å²) in [5.74, 6) is -3.81. The van der Waals surface area contributed by atoms with E-state index in [1.165, 1.54) is 5.51 Å². The van der Waals surface area contributed by atoms with Crippen molar-refractivity contribution in [1.82, 2.24) is 33.9 Å². The van der Waals surface area contributed by atoms with Crippen molar-refractivity contribution in [3.63, 3.8) is 0 Å². The van der Waals surface area contributed by atoms with Crippen LogP contribution in [0, 0.1) is 17.5 Å². The molecule has 0 saturated heterocycles. The lowest BCUT2D eigenvalue weighted by Gasteiger charge is -2.21. The highest BCUT2D eigenvalue weighted by atomic mass is 35.5. The zero-order valence-corrected chi connectivity index (χ0v) is 19.9. The molecule has 3 aromatic rings. The van der Waals surface area contributed by atoms with Crippen LogP contribution >= 0.6 is 23.1 Å². The average Bonchev–Trinajstić information content (AvgIpc) is 3.46. The molecule has 0 bridgehead atoms. The van der Waals surface area contributed by atoms with E-state index in [0.29, 0.717) is 17.8 Å². The van der Waals surface area contributed by atoms with Crippen molar-refractivity contribution < 1.29 is 13.2 Å². The van der Waals surface area contributed by atoms with E-state index in [9.17, 15) is 22.8 Å². The fourth-order valence-electron chi connectivity index (χ4n) is 3.75. The number of aromatic nitrogens is 5. The molecule has 10 nitrogen and oxygen atoms in total. The molecular weight excluding hydrogens is 521 g/mol. The molecule has 1 aromatic carbocycles. The van der Waals surface area contributed by atoms with Gasteiger partial charge in [-0.05, 0) is 35.3 Å². The molecule has 2 aromatic heterocycles. The molecular formula is C21H16ClF3N8O2S. The number of rotatable bonds is 6. The number of fused-ring (bicyclic) bond motifs is 1. The van der Waals surface area contributed by atoms with Gasteiger partial charge in [0.05, 0.1) is 29.9 Å². The summed E-state index contributed by atoms with van der Waals surface area (Å²) in [4.78, 5) is 34.0. The zero-order chi connectivity index (χ0) is 25.6. The molecule has 186 valence electrons. The molecule has 1 atom stereocenters. The van der Waals surface area contributed by atoms with Crippen LogP contribution in [-0.4, -0.2) is 41.6 Å². The standard InChI is InChI=1S/C21H16ClF3N8O2S/c1-31-6-11-3-17(12(22)4-16(11)29-31)27-19-28-20(34)33(8-18-26-9-36-30-18)21(35)32(19)7-10-2-14(24)15(25)5-13(10)23/h2-6,9,16,29H,7-8H2,1H3,(H,27,28,34). The Hall–Kier alpha value is -3.75. The van der Waals surface area contributed by atoms with Crippen LogP contribution in [0.1, 0.15) is 11.4 Å². The van der Waals surface area contributed by atoms with Crippen LogP contribution < -0.4 is 22.1 Å². The van der Waals surface area contributed by atoms with Gasteiger partial charge >= 0.3 is 11.4 Å². The minimum absolute atomic E-state index is 0.168. The molecule has 1 unspecified atom stereocenters. The number of hydrazine groups is 1. The summed E-state index contributed by atoms with van der Waals surface area (Å²) >= 11 is 7.44. The minimum Gasteiger partial charge on any atom is -0.324 e. The number of nitrogens with zero attached hydrogens (tertiary/aromatic N) is 6. The Bertz CT molecular complexity index is 1560. The van der Waals surface area contributed by atoms with Gasteiger partial charge in [-0.1, -0.05) is 11.6 Å². The Labute approximate surface area is 209 Å². The van der Waals surface area contributed by atoms with Crippen molar-refractivity contribution in [2.24, 2.45) is 0 Å². The smallest absolute Gasteiger partial charge is 0.324 e. The minimum atomic E-state index is -1.37. The third-order valence-electron chi connectivity index (χ3n) is 5.45. The molecule has 15 heteroatoms. The van der Waals surface area contributed by atoms with Crippen molar-refractivity contribution in [2.75, 3.05) is 12.4 Å². The van der Waals surface area contributed by atoms with Gasteiger partial charge in [-0.25, -0.2) is 37.7 Å². The van der Waals surface area contributed by atoms with Crippen LogP contribution in [0.4, 0.5) is 19.1 Å². The van der Waals surface area contributed by atoms with E-state index in [4.69, 9.17) is 11.6 Å². The number of hydrogen-bond donors (Lipinski definition) is 2. The quantitative estimate of drug-likeness (QED) is 0.460. The first-order chi connectivity index (χ1) is 17.2. The maximum Gasteiger partial charge on any atom is 0.355 e. The summed E-state index contributed by atoms with van der Waals surface area (Å²) < 4.78 is 47.4. The van der Waals surface area contributed by atoms with Crippen LogP contribution in [0.25, 0.3) is 0 Å². The van der Waals surface area contributed by atoms with Crippen molar-refractivity contribution in [3.8, 4) is 0 Å². The third-order valence-corrected chi connectivity index (χ3v) is 6.29. The number of anilines is 1. The number of allylic oxidation sites excluding steroid dienone is 1. The fraction of sp³-hybridized carbons (Fsp3) is 0.190. The van der Waals surface area contributed by atoms with Gasteiger partial charge in [-0.15, -0.1) is 0 Å². The van der Waals surface area contributed by atoms with Crippen LogP contribution in [0.15, 0.2) is 61.9 Å². The van der Waals surface area contributed by atoms with E-state index < -0.39 is 35.4 Å². The molecule has 36 heavy (non-hydrogen) atoms. The zero-order valence-electron chi connectivity index (χ0n) is 18.4. The molecule has 5 rings (SSSR count). The molecule has 0 amide bonds. The van der Waals surface area contributed by atoms with E-state index in [2.05, 4.69) is 25.1 Å². The van der Waals surface area contributed by atoms with Gasteiger partial charge in [-0.2, -0.15) is 9.36 Å². The van der Waals surface area contributed by atoms with Crippen molar-refractivity contribution in [3.05, 3.63) is 102 Å². The SMILES string of the molecule is CN1C=C2C=C(Nc3nc(=O)n(Cc4ncsn4)c(=O)n3Cc3cc(F)c(F)cc3F)C(Cl)=CC2N1. The average molecular weight is 537 g/mol. The van der Waals surface area contributed by atoms with Crippen LogP contribution in [0.5, 0.6) is 0 Å². The lowest BCUT2D eigenvalue weighted by atomic mass is 10.0. The second-order valence-electron chi connectivity index (χ2n) is 7.92. The summed E-state index contributed by atoms with van der Waals surface area (Å²) in [5, 5.41) is 4.87. The van der Waals surface area contributed by atoms with E-state index in [-0.39, 0.29) is 35.0 Å². The van der Waals surface area contributed by atoms with Gasteiger partial charge in [0.2, 0.25) is 5.95 Å². The second kappa shape index (κ2) is 9.37. The molecule has 2 N–H and O–H groups in total. The van der Waals surface area contributed by atoms with E-state index >= 15 is 0 Å². The number of hydrogen-bond acceptors (Lipinski definition) is 9. The highest BCUT2D eigenvalue weighted by Crippen LogP contribution is 2.29. The van der Waals surface area contributed by atoms with Crippen LogP contribution in [0.2, 0.25) is 0 Å². The Morgan fingerprint density at radius 1 is 1.14 bits per heavy atom. The summed E-state index contributed by atoms with van der Waals surface area (Å²) in [7, 11) is 1.81. The monoisotopic (exact) mass is 536 g/mol. The summed E-state index contributed by atoms with van der Waals surface area (Å²) in [6.45, 7) is -0.850. The summed E-state index contributed by atoms with van der Waals surface area (Å²) in [6, 6.07) is 0.851. The van der Waals surface area contributed by atoms with E-state index in [1.807, 2.05) is 6.20 Å². The third kappa shape index (κ3) is 4.57. The highest BCUT2D eigenvalue weighted by Gasteiger charge is 2.26. The molecule has 2 aliphatic rings. The van der Waals surface area contributed by atoms with Crippen LogP contribution in [0.3, 0.4) is 0 Å². The maximum absolute atomic E-state index is 14.5. The van der Waals surface area contributed by atoms with Gasteiger partial charge in [0, 0.05) is 24.9 Å². The first-order valence-electron chi connectivity index (χ1n) is 10.4. The molecule has 0 spiro atoms. The maximum atomic E-state index is 14.5. The number of halogens is 4. The Balaban J connectivity index is 1.60. The number of benzene rings is 1. The van der Waals surface area contributed by atoms with E-state index in [0.717, 1.165) is 26.2 Å². The van der Waals surface area contributed by atoms with Crippen molar-refractivity contribution >= 4 is 29.1 Å². The predicted molar refractivity (Wildman–Crippen MR) is 126 cm³/mol. The molecule has 1 aliphatic heterocycles. The molecule has 0 saturated carbocycles. The van der Waals surface area contributed by atoms with Gasteiger partial charge in [-0.3, -0.25) is 4.57 Å². The van der Waals surface area contributed by atoms with Gasteiger partial charge < -0.3 is 10.3 Å².